The Bertz CT molecular complexity index is 376. The maximum Gasteiger partial charge on any atom is 0.0367 e. The lowest BCUT2D eigenvalue weighted by atomic mass is 10.1. The number of rotatable bonds is 2. The molecule has 1 aliphatic carbocycles. The Balaban J connectivity index is 1.57. The predicted molar refractivity (Wildman–Crippen MR) is 85.2 cm³/mol. The molecule has 2 aliphatic rings. The van der Waals surface area contributed by atoms with Gasteiger partial charge in [0.1, 0.15) is 0 Å². The fourth-order valence-electron chi connectivity index (χ4n) is 3.27. The summed E-state index contributed by atoms with van der Waals surface area (Å²) in [6.45, 7) is 4.88. The highest BCUT2D eigenvalue weighted by molar-refractivity contribution is 14.1. The Kier molecular flexibility index (Phi) is 4.09. The average molecular weight is 356 g/mol. The van der Waals surface area contributed by atoms with Crippen LogP contribution < -0.4 is 4.90 Å². The Labute approximate surface area is 123 Å². The molecule has 0 atom stereocenters. The Morgan fingerprint density at radius 3 is 2.11 bits per heavy atom. The summed E-state index contributed by atoms with van der Waals surface area (Å²) in [5, 5.41) is 0. The molecule has 2 nitrogen and oxygen atoms in total. The summed E-state index contributed by atoms with van der Waals surface area (Å²) in [5.41, 5.74) is 1.39. The van der Waals surface area contributed by atoms with Gasteiger partial charge in [0.25, 0.3) is 0 Å². The minimum absolute atomic E-state index is 0.892. The van der Waals surface area contributed by atoms with Gasteiger partial charge in [0.2, 0.25) is 0 Å². The van der Waals surface area contributed by atoms with Gasteiger partial charge < -0.3 is 4.90 Å². The van der Waals surface area contributed by atoms with E-state index >= 15 is 0 Å². The summed E-state index contributed by atoms with van der Waals surface area (Å²) in [4.78, 5) is 5.25. The molecule has 1 saturated carbocycles. The first kappa shape index (κ1) is 12.7. The quantitative estimate of drug-likeness (QED) is 0.750. The maximum atomic E-state index is 2.72. The van der Waals surface area contributed by atoms with Gasteiger partial charge in [0, 0.05) is 41.5 Å². The van der Waals surface area contributed by atoms with Crippen LogP contribution in [-0.4, -0.2) is 37.1 Å². The van der Waals surface area contributed by atoms with Crippen LogP contribution in [0.4, 0.5) is 5.69 Å². The van der Waals surface area contributed by atoms with Crippen LogP contribution in [0.2, 0.25) is 0 Å². The molecule has 0 spiro atoms. The standard InChI is InChI=1S/C15H21IN2/c16-13-5-7-15(8-6-13)18-11-9-17(10-12-18)14-3-1-2-4-14/h5-8,14H,1-4,9-12H2. The third-order valence-corrected chi connectivity index (χ3v) is 5.07. The van der Waals surface area contributed by atoms with E-state index < -0.39 is 0 Å². The molecular formula is C15H21IN2. The molecule has 3 heteroatoms. The minimum Gasteiger partial charge on any atom is -0.369 e. The van der Waals surface area contributed by atoms with E-state index in [0.29, 0.717) is 0 Å². The second kappa shape index (κ2) is 5.78. The fraction of sp³-hybridized carbons (Fsp3) is 0.600. The first-order valence-electron chi connectivity index (χ1n) is 7.07. The van der Waals surface area contributed by atoms with Crippen LogP contribution in [0.25, 0.3) is 0 Å². The number of hydrogen-bond acceptors (Lipinski definition) is 2. The molecule has 0 radical (unpaired) electrons. The number of halogens is 1. The lowest BCUT2D eigenvalue weighted by Gasteiger charge is -2.39. The van der Waals surface area contributed by atoms with Gasteiger partial charge in [0.05, 0.1) is 0 Å². The molecule has 3 rings (SSSR count). The number of nitrogens with zero attached hydrogens (tertiary/aromatic N) is 2. The predicted octanol–water partition coefficient (Wildman–Crippen LogP) is 3.36. The topological polar surface area (TPSA) is 6.48 Å². The summed E-state index contributed by atoms with van der Waals surface area (Å²) in [6, 6.07) is 9.82. The molecule has 0 bridgehead atoms. The summed E-state index contributed by atoms with van der Waals surface area (Å²) in [7, 11) is 0. The summed E-state index contributed by atoms with van der Waals surface area (Å²) < 4.78 is 1.32. The molecule has 98 valence electrons. The number of hydrogen-bond donors (Lipinski definition) is 0. The Hall–Kier alpha value is -0.290. The highest BCUT2D eigenvalue weighted by Crippen LogP contribution is 2.25. The molecule has 1 saturated heterocycles. The average Bonchev–Trinajstić information content (AvgIpc) is 2.94. The number of benzene rings is 1. The van der Waals surface area contributed by atoms with E-state index in [1.165, 1.54) is 61.1 Å². The molecule has 1 aromatic carbocycles. The third kappa shape index (κ3) is 2.82. The lowest BCUT2D eigenvalue weighted by Crippen LogP contribution is -2.49. The van der Waals surface area contributed by atoms with Crippen LogP contribution in [0.3, 0.4) is 0 Å². The zero-order valence-corrected chi connectivity index (χ0v) is 13.0. The second-order valence-corrected chi connectivity index (χ2v) is 6.68. The zero-order valence-electron chi connectivity index (χ0n) is 10.8. The van der Waals surface area contributed by atoms with E-state index in [4.69, 9.17) is 0 Å². The SMILES string of the molecule is Ic1ccc(N2CCN(C3CCCC3)CC2)cc1. The maximum absolute atomic E-state index is 2.72. The van der Waals surface area contributed by atoms with Crippen molar-refractivity contribution in [1.29, 1.82) is 0 Å². The zero-order chi connectivity index (χ0) is 12.4. The molecule has 0 amide bonds. The van der Waals surface area contributed by atoms with Gasteiger partial charge in [-0.25, -0.2) is 0 Å². The molecule has 1 aliphatic heterocycles. The van der Waals surface area contributed by atoms with Crippen molar-refractivity contribution >= 4 is 28.3 Å². The van der Waals surface area contributed by atoms with Gasteiger partial charge in [-0.1, -0.05) is 12.8 Å². The van der Waals surface area contributed by atoms with Crippen molar-refractivity contribution in [2.24, 2.45) is 0 Å². The molecule has 1 heterocycles. The van der Waals surface area contributed by atoms with Gasteiger partial charge in [-0.05, 0) is 59.7 Å². The van der Waals surface area contributed by atoms with Crippen molar-refractivity contribution < 1.29 is 0 Å². The Morgan fingerprint density at radius 1 is 0.889 bits per heavy atom. The van der Waals surface area contributed by atoms with Crippen LogP contribution in [0.15, 0.2) is 24.3 Å². The van der Waals surface area contributed by atoms with Crippen LogP contribution in [-0.2, 0) is 0 Å². The van der Waals surface area contributed by atoms with E-state index in [1.807, 2.05) is 0 Å². The van der Waals surface area contributed by atoms with Crippen molar-refractivity contribution in [3.63, 3.8) is 0 Å². The fourth-order valence-corrected chi connectivity index (χ4v) is 3.63. The molecule has 0 N–H and O–H groups in total. The molecule has 18 heavy (non-hydrogen) atoms. The van der Waals surface area contributed by atoms with Crippen molar-refractivity contribution in [1.82, 2.24) is 4.90 Å². The highest BCUT2D eigenvalue weighted by atomic mass is 127. The van der Waals surface area contributed by atoms with Crippen LogP contribution in [0.1, 0.15) is 25.7 Å². The highest BCUT2D eigenvalue weighted by Gasteiger charge is 2.25. The smallest absolute Gasteiger partial charge is 0.0367 e. The minimum atomic E-state index is 0.892. The molecule has 1 aromatic rings. The van der Waals surface area contributed by atoms with E-state index in [-0.39, 0.29) is 0 Å². The lowest BCUT2D eigenvalue weighted by molar-refractivity contribution is 0.187. The third-order valence-electron chi connectivity index (χ3n) is 4.35. The van der Waals surface area contributed by atoms with Gasteiger partial charge in [-0.3, -0.25) is 4.90 Å². The summed E-state index contributed by atoms with van der Waals surface area (Å²) in [6.07, 6.45) is 5.76. The summed E-state index contributed by atoms with van der Waals surface area (Å²) >= 11 is 2.37. The van der Waals surface area contributed by atoms with Crippen molar-refractivity contribution in [2.75, 3.05) is 31.1 Å². The van der Waals surface area contributed by atoms with Crippen LogP contribution in [0.5, 0.6) is 0 Å². The first-order chi connectivity index (χ1) is 8.83. The van der Waals surface area contributed by atoms with Crippen molar-refractivity contribution in [3.05, 3.63) is 27.8 Å². The van der Waals surface area contributed by atoms with E-state index in [9.17, 15) is 0 Å². The van der Waals surface area contributed by atoms with Gasteiger partial charge in [-0.15, -0.1) is 0 Å². The van der Waals surface area contributed by atoms with Crippen LogP contribution in [0, 0.1) is 3.57 Å². The molecule has 0 unspecified atom stereocenters. The molecular weight excluding hydrogens is 335 g/mol. The first-order valence-corrected chi connectivity index (χ1v) is 8.15. The van der Waals surface area contributed by atoms with Gasteiger partial charge in [-0.2, -0.15) is 0 Å². The number of piperazine rings is 1. The van der Waals surface area contributed by atoms with Gasteiger partial charge in [0.15, 0.2) is 0 Å². The van der Waals surface area contributed by atoms with E-state index in [2.05, 4.69) is 56.7 Å². The monoisotopic (exact) mass is 356 g/mol. The molecule has 2 fully saturated rings. The van der Waals surface area contributed by atoms with Crippen molar-refractivity contribution in [2.45, 2.75) is 31.7 Å². The van der Waals surface area contributed by atoms with Gasteiger partial charge >= 0.3 is 0 Å². The van der Waals surface area contributed by atoms with Crippen molar-refractivity contribution in [3.8, 4) is 0 Å². The van der Waals surface area contributed by atoms with E-state index in [0.717, 1.165) is 6.04 Å². The number of anilines is 1. The largest absolute Gasteiger partial charge is 0.369 e. The second-order valence-electron chi connectivity index (χ2n) is 5.44. The Morgan fingerprint density at radius 2 is 1.50 bits per heavy atom. The van der Waals surface area contributed by atoms with E-state index in [1.54, 1.807) is 0 Å². The van der Waals surface area contributed by atoms with Crippen LogP contribution >= 0.6 is 22.6 Å². The molecule has 0 aromatic heterocycles. The normalized spacial score (nSPS) is 22.6. The summed E-state index contributed by atoms with van der Waals surface area (Å²) in [5.74, 6) is 0.